The topological polar surface area (TPSA) is 46.5 Å². The van der Waals surface area contributed by atoms with Gasteiger partial charge in [0.25, 0.3) is 6.43 Å². The fourth-order valence-corrected chi connectivity index (χ4v) is 4.93. The third-order valence-electron chi connectivity index (χ3n) is 4.65. The van der Waals surface area contributed by atoms with Gasteiger partial charge in [-0.1, -0.05) is 6.07 Å². The van der Waals surface area contributed by atoms with Gasteiger partial charge in [-0.15, -0.1) is 11.8 Å². The van der Waals surface area contributed by atoms with Gasteiger partial charge < -0.3 is 9.84 Å². The van der Waals surface area contributed by atoms with Gasteiger partial charge in [-0.25, -0.2) is 8.78 Å². The van der Waals surface area contributed by atoms with Crippen molar-refractivity contribution in [2.45, 2.75) is 28.7 Å². The molecule has 3 atom stereocenters. The minimum Gasteiger partial charge on any atom is -0.481 e. The molecule has 0 spiro atoms. The molecule has 0 radical (unpaired) electrons. The molecule has 0 amide bonds. The highest BCUT2D eigenvalue weighted by molar-refractivity contribution is 8.00. The largest absolute Gasteiger partial charge is 0.481 e. The van der Waals surface area contributed by atoms with E-state index >= 15 is 0 Å². The summed E-state index contributed by atoms with van der Waals surface area (Å²) in [7, 11) is 0. The normalized spacial score (nSPS) is 23.1. The zero-order valence-corrected chi connectivity index (χ0v) is 14.2. The van der Waals surface area contributed by atoms with Gasteiger partial charge in [-0.05, 0) is 35.9 Å². The van der Waals surface area contributed by atoms with Crippen molar-refractivity contribution >= 4 is 17.7 Å². The number of thioether (sulfide) groups is 1. The van der Waals surface area contributed by atoms with Crippen LogP contribution in [0.2, 0.25) is 0 Å². The third-order valence-corrected chi connectivity index (χ3v) is 6.11. The highest BCUT2D eigenvalue weighted by Gasteiger charge is 2.60. The maximum atomic E-state index is 13.2. The Morgan fingerprint density at radius 3 is 2.52 bits per heavy atom. The number of halogens is 5. The zero-order chi connectivity index (χ0) is 19.5. The second-order valence-corrected chi connectivity index (χ2v) is 7.54. The Balaban J connectivity index is 1.60. The molecule has 0 saturated heterocycles. The number of carbonyl (C=O) groups is 1. The summed E-state index contributed by atoms with van der Waals surface area (Å²) in [6, 6.07) is 6.73. The fourth-order valence-electron chi connectivity index (χ4n) is 3.31. The second kappa shape index (κ2) is 6.12. The maximum Gasteiger partial charge on any atom is 0.416 e. The van der Waals surface area contributed by atoms with Crippen molar-refractivity contribution in [3.05, 3.63) is 53.1 Å². The van der Waals surface area contributed by atoms with E-state index in [1.807, 2.05) is 0 Å². The highest BCUT2D eigenvalue weighted by Crippen LogP contribution is 2.65. The lowest BCUT2D eigenvalue weighted by Gasteiger charge is -2.15. The van der Waals surface area contributed by atoms with Gasteiger partial charge in [0, 0.05) is 16.1 Å². The summed E-state index contributed by atoms with van der Waals surface area (Å²) in [4.78, 5) is 11.9. The van der Waals surface area contributed by atoms with Crippen LogP contribution in [0.1, 0.15) is 29.0 Å². The third kappa shape index (κ3) is 3.13. The van der Waals surface area contributed by atoms with Crippen molar-refractivity contribution in [3.63, 3.8) is 0 Å². The number of alkyl halides is 5. The SMILES string of the molecule is O=C(O)C1C2Sc3cc(Oc4ccc(C(F)(F)F)cc4C(F)F)ccc3C21. The van der Waals surface area contributed by atoms with Crippen molar-refractivity contribution in [1.82, 2.24) is 0 Å². The van der Waals surface area contributed by atoms with Crippen LogP contribution in [-0.2, 0) is 11.0 Å². The number of carboxylic acids is 1. The van der Waals surface area contributed by atoms with E-state index in [2.05, 4.69) is 0 Å². The first-order valence-corrected chi connectivity index (χ1v) is 8.75. The summed E-state index contributed by atoms with van der Waals surface area (Å²) in [6.45, 7) is 0. The first-order valence-electron chi connectivity index (χ1n) is 7.87. The summed E-state index contributed by atoms with van der Waals surface area (Å²) < 4.78 is 70.0. The molecule has 2 aromatic carbocycles. The Morgan fingerprint density at radius 2 is 1.89 bits per heavy atom. The predicted molar refractivity (Wildman–Crippen MR) is 86.4 cm³/mol. The minimum absolute atomic E-state index is 0.0459. The Kier molecular flexibility index (Phi) is 4.10. The van der Waals surface area contributed by atoms with Crippen LogP contribution in [-0.4, -0.2) is 16.3 Å². The number of hydrogen-bond acceptors (Lipinski definition) is 3. The molecule has 1 N–H and O–H groups in total. The molecule has 4 rings (SSSR count). The van der Waals surface area contributed by atoms with Gasteiger partial charge in [0.1, 0.15) is 11.5 Å². The van der Waals surface area contributed by atoms with Crippen LogP contribution >= 0.6 is 11.8 Å². The van der Waals surface area contributed by atoms with Crippen molar-refractivity contribution in [1.29, 1.82) is 0 Å². The smallest absolute Gasteiger partial charge is 0.416 e. The van der Waals surface area contributed by atoms with E-state index in [1.165, 1.54) is 17.8 Å². The van der Waals surface area contributed by atoms with Gasteiger partial charge in [-0.2, -0.15) is 13.2 Å². The number of benzene rings is 2. The van der Waals surface area contributed by atoms with E-state index in [0.29, 0.717) is 12.1 Å². The number of aliphatic carboxylic acids is 1. The summed E-state index contributed by atoms with van der Waals surface area (Å²) in [5.74, 6) is -1.49. The maximum absolute atomic E-state index is 13.2. The zero-order valence-electron chi connectivity index (χ0n) is 13.3. The predicted octanol–water partition coefficient (Wildman–Crippen LogP) is 5.71. The average Bonchev–Trinajstić information content (AvgIpc) is 3.17. The molecule has 2 aliphatic rings. The molecule has 1 fully saturated rings. The van der Waals surface area contributed by atoms with Crippen molar-refractivity contribution in [2.75, 3.05) is 0 Å². The lowest BCUT2D eigenvalue weighted by atomic mass is 10.1. The van der Waals surface area contributed by atoms with Gasteiger partial charge in [0.2, 0.25) is 0 Å². The van der Waals surface area contributed by atoms with Crippen LogP contribution in [0.25, 0.3) is 0 Å². The van der Waals surface area contributed by atoms with Crippen molar-refractivity contribution < 1.29 is 36.6 Å². The molecule has 1 aliphatic heterocycles. The van der Waals surface area contributed by atoms with Crippen LogP contribution in [0, 0.1) is 5.92 Å². The van der Waals surface area contributed by atoms with E-state index in [1.54, 1.807) is 12.1 Å². The van der Waals surface area contributed by atoms with Crippen LogP contribution < -0.4 is 4.74 Å². The summed E-state index contributed by atoms with van der Waals surface area (Å²) >= 11 is 1.38. The number of hydrogen-bond donors (Lipinski definition) is 1. The second-order valence-electron chi connectivity index (χ2n) is 6.33. The Morgan fingerprint density at radius 1 is 1.15 bits per heavy atom. The van der Waals surface area contributed by atoms with Crippen molar-refractivity contribution in [2.24, 2.45) is 5.92 Å². The molecule has 1 saturated carbocycles. The molecule has 1 heterocycles. The molecule has 3 unspecified atom stereocenters. The summed E-state index contributed by atoms with van der Waals surface area (Å²) in [5.41, 5.74) is -1.15. The number of ether oxygens (including phenoxy) is 1. The summed E-state index contributed by atoms with van der Waals surface area (Å²) in [5, 5.41) is 9.06. The number of fused-ring (bicyclic) bond motifs is 3. The lowest BCUT2D eigenvalue weighted by molar-refractivity contribution is -0.139. The molecular weight excluding hydrogens is 391 g/mol. The van der Waals surface area contributed by atoms with Crippen LogP contribution in [0.4, 0.5) is 22.0 Å². The molecular formula is C18H11F5O3S. The monoisotopic (exact) mass is 402 g/mol. The molecule has 3 nitrogen and oxygen atoms in total. The Bertz CT molecular complexity index is 928. The van der Waals surface area contributed by atoms with E-state index < -0.39 is 35.6 Å². The van der Waals surface area contributed by atoms with Gasteiger partial charge in [0.15, 0.2) is 0 Å². The molecule has 0 bridgehead atoms. The molecule has 1 aliphatic carbocycles. The van der Waals surface area contributed by atoms with Gasteiger partial charge in [0.05, 0.1) is 17.0 Å². The molecule has 9 heteroatoms. The van der Waals surface area contributed by atoms with Gasteiger partial charge in [-0.3, -0.25) is 4.79 Å². The summed E-state index contributed by atoms with van der Waals surface area (Å²) in [6.07, 6.45) is -7.86. The fraction of sp³-hybridized carbons (Fsp3) is 0.278. The van der Waals surface area contributed by atoms with E-state index in [-0.39, 0.29) is 22.7 Å². The lowest BCUT2D eigenvalue weighted by Crippen LogP contribution is -2.06. The molecule has 142 valence electrons. The van der Waals surface area contributed by atoms with E-state index in [0.717, 1.165) is 16.5 Å². The van der Waals surface area contributed by atoms with Gasteiger partial charge >= 0.3 is 12.1 Å². The van der Waals surface area contributed by atoms with E-state index in [9.17, 15) is 26.7 Å². The first kappa shape index (κ1) is 18.1. The van der Waals surface area contributed by atoms with Crippen LogP contribution in [0.5, 0.6) is 11.5 Å². The Hall–Kier alpha value is -2.29. The van der Waals surface area contributed by atoms with Crippen molar-refractivity contribution in [3.8, 4) is 11.5 Å². The minimum atomic E-state index is -4.73. The van der Waals surface area contributed by atoms with Crippen LogP contribution in [0.3, 0.4) is 0 Å². The standard InChI is InChI=1S/C18H11F5O3S/c19-16(20)10-5-7(18(21,22)23)1-4-11(10)26-8-2-3-9-12(6-8)27-15-13(9)14(15)17(24)25/h1-6,13-16H,(H,24,25). The highest BCUT2D eigenvalue weighted by atomic mass is 32.2. The molecule has 27 heavy (non-hydrogen) atoms. The Labute approximate surface area is 154 Å². The van der Waals surface area contributed by atoms with Crippen LogP contribution in [0.15, 0.2) is 41.3 Å². The first-order chi connectivity index (χ1) is 12.7. The van der Waals surface area contributed by atoms with E-state index in [4.69, 9.17) is 9.84 Å². The molecule has 0 aromatic heterocycles. The average molecular weight is 402 g/mol. The number of rotatable bonds is 4. The number of carboxylic acid groups (broad SMARTS) is 1. The molecule has 2 aromatic rings. The quantitative estimate of drug-likeness (QED) is 0.666.